The van der Waals surface area contributed by atoms with E-state index in [1.807, 2.05) is 0 Å². The molecule has 1 amide bonds. The first-order valence-electron chi connectivity index (χ1n) is 6.32. The van der Waals surface area contributed by atoms with E-state index in [4.69, 9.17) is 0 Å². The Hall–Kier alpha value is -1.95. The molecule has 0 aliphatic heterocycles. The molecule has 1 rings (SSSR count). The van der Waals surface area contributed by atoms with Gasteiger partial charge in [-0.25, -0.2) is 0 Å². The van der Waals surface area contributed by atoms with Gasteiger partial charge < -0.3 is 14.7 Å². The molecule has 6 heteroatoms. The highest BCUT2D eigenvalue weighted by molar-refractivity contribution is 5.94. The summed E-state index contributed by atoms with van der Waals surface area (Å²) >= 11 is 0. The summed E-state index contributed by atoms with van der Waals surface area (Å²) in [6.07, 6.45) is 3.11. The van der Waals surface area contributed by atoms with Crippen molar-refractivity contribution in [1.82, 2.24) is 9.88 Å². The number of methoxy groups -OCH3 is 1. The number of carbonyl (C=O) groups excluding carboxylic acids is 2. The first-order valence-corrected chi connectivity index (χ1v) is 6.32. The largest absolute Gasteiger partial charge is 0.469 e. The summed E-state index contributed by atoms with van der Waals surface area (Å²) in [5, 5.41) is 9.46. The molecule has 0 aromatic carbocycles. The van der Waals surface area contributed by atoms with Crippen molar-refractivity contribution in [1.29, 1.82) is 0 Å². The highest BCUT2D eigenvalue weighted by atomic mass is 16.5. The van der Waals surface area contributed by atoms with Crippen molar-refractivity contribution >= 4 is 11.9 Å². The van der Waals surface area contributed by atoms with Crippen LogP contribution in [-0.4, -0.2) is 52.7 Å². The summed E-state index contributed by atoms with van der Waals surface area (Å²) in [4.78, 5) is 29.1. The summed E-state index contributed by atoms with van der Waals surface area (Å²) in [6.45, 7) is 3.44. The average molecular weight is 280 g/mol. The van der Waals surface area contributed by atoms with Crippen molar-refractivity contribution in [2.45, 2.75) is 25.8 Å². The zero-order valence-corrected chi connectivity index (χ0v) is 12.0. The fraction of sp³-hybridized carbons (Fsp3) is 0.500. The van der Waals surface area contributed by atoms with Crippen LogP contribution in [0, 0.1) is 0 Å². The number of amides is 1. The molecule has 0 atom stereocenters. The summed E-state index contributed by atoms with van der Waals surface area (Å²) in [7, 11) is 1.30. The number of aliphatic hydroxyl groups excluding tert-OH is 1. The van der Waals surface area contributed by atoms with Gasteiger partial charge >= 0.3 is 5.97 Å². The number of hydrogen-bond acceptors (Lipinski definition) is 5. The second-order valence-electron chi connectivity index (χ2n) is 5.00. The van der Waals surface area contributed by atoms with Crippen molar-refractivity contribution in [2.75, 3.05) is 20.3 Å². The lowest BCUT2D eigenvalue weighted by molar-refractivity contribution is -0.141. The summed E-state index contributed by atoms with van der Waals surface area (Å²) in [5.41, 5.74) is -0.361. The van der Waals surface area contributed by atoms with Gasteiger partial charge in [0, 0.05) is 18.9 Å². The van der Waals surface area contributed by atoms with Crippen molar-refractivity contribution in [2.24, 2.45) is 0 Å². The van der Waals surface area contributed by atoms with E-state index in [-0.39, 0.29) is 25.5 Å². The lowest BCUT2D eigenvalue weighted by Crippen LogP contribution is -2.51. The van der Waals surface area contributed by atoms with E-state index >= 15 is 0 Å². The molecule has 20 heavy (non-hydrogen) atoms. The third kappa shape index (κ3) is 4.03. The van der Waals surface area contributed by atoms with Crippen LogP contribution in [0.25, 0.3) is 0 Å². The highest BCUT2D eigenvalue weighted by Gasteiger charge is 2.31. The number of pyridine rings is 1. The fourth-order valence-electron chi connectivity index (χ4n) is 1.71. The van der Waals surface area contributed by atoms with Gasteiger partial charge in [0.2, 0.25) is 0 Å². The van der Waals surface area contributed by atoms with Crippen molar-refractivity contribution in [3.8, 4) is 0 Å². The Morgan fingerprint density at radius 2 is 2.15 bits per heavy atom. The van der Waals surface area contributed by atoms with E-state index in [1.165, 1.54) is 18.2 Å². The lowest BCUT2D eigenvalue weighted by Gasteiger charge is -2.37. The summed E-state index contributed by atoms with van der Waals surface area (Å²) in [6, 6.07) is 3.31. The van der Waals surface area contributed by atoms with Gasteiger partial charge in [-0.05, 0) is 26.0 Å². The van der Waals surface area contributed by atoms with Crippen LogP contribution in [0.5, 0.6) is 0 Å². The molecule has 1 heterocycles. The topological polar surface area (TPSA) is 79.7 Å². The number of esters is 1. The molecule has 0 bridgehead atoms. The number of aliphatic hydroxyl groups is 1. The van der Waals surface area contributed by atoms with E-state index in [9.17, 15) is 14.7 Å². The first-order chi connectivity index (χ1) is 9.42. The minimum atomic E-state index is -0.777. The Kier molecular flexibility index (Phi) is 5.64. The van der Waals surface area contributed by atoms with Crippen LogP contribution in [0.15, 0.2) is 24.5 Å². The maximum Gasteiger partial charge on any atom is 0.307 e. The number of ether oxygens (including phenoxy) is 1. The average Bonchev–Trinajstić information content (AvgIpc) is 2.47. The Labute approximate surface area is 118 Å². The van der Waals surface area contributed by atoms with Gasteiger partial charge in [0.15, 0.2) is 0 Å². The second-order valence-corrected chi connectivity index (χ2v) is 5.00. The SMILES string of the molecule is COC(=O)CCN(C(=O)c1cccnc1)C(C)(C)CO. The van der Waals surface area contributed by atoms with Crippen molar-refractivity contribution in [3.05, 3.63) is 30.1 Å². The zero-order chi connectivity index (χ0) is 15.2. The minimum Gasteiger partial charge on any atom is -0.469 e. The van der Waals surface area contributed by atoms with Gasteiger partial charge in [0.25, 0.3) is 5.91 Å². The molecule has 0 radical (unpaired) electrons. The molecule has 1 aromatic heterocycles. The van der Waals surface area contributed by atoms with Crippen molar-refractivity contribution < 1.29 is 19.4 Å². The first kappa shape index (κ1) is 16.1. The molecular weight excluding hydrogens is 260 g/mol. The molecule has 110 valence electrons. The fourth-order valence-corrected chi connectivity index (χ4v) is 1.71. The predicted octanol–water partition coefficient (Wildman–Crippen LogP) is 0.858. The normalized spacial score (nSPS) is 11.0. The Bertz CT molecular complexity index is 460. The van der Waals surface area contributed by atoms with Gasteiger partial charge in [-0.2, -0.15) is 0 Å². The van der Waals surface area contributed by atoms with E-state index < -0.39 is 11.5 Å². The predicted molar refractivity (Wildman–Crippen MR) is 73.1 cm³/mol. The second kappa shape index (κ2) is 7.00. The third-order valence-electron chi connectivity index (χ3n) is 3.04. The number of carbonyl (C=O) groups is 2. The molecule has 0 fully saturated rings. The molecular formula is C14H20N2O4. The van der Waals surface area contributed by atoms with E-state index in [1.54, 1.807) is 32.2 Å². The number of aromatic nitrogens is 1. The van der Waals surface area contributed by atoms with Crippen LogP contribution < -0.4 is 0 Å². The van der Waals surface area contributed by atoms with Crippen LogP contribution >= 0.6 is 0 Å². The molecule has 0 saturated heterocycles. The summed E-state index contributed by atoms with van der Waals surface area (Å²) in [5.74, 6) is -0.677. The lowest BCUT2D eigenvalue weighted by atomic mass is 10.0. The third-order valence-corrected chi connectivity index (χ3v) is 3.04. The minimum absolute atomic E-state index is 0.0753. The standard InChI is InChI=1S/C14H20N2O4/c1-14(2,10-17)16(8-6-12(18)20-3)13(19)11-5-4-7-15-9-11/h4-5,7,9,17H,6,8,10H2,1-3H3. The van der Waals surface area contributed by atoms with E-state index in [2.05, 4.69) is 9.72 Å². The molecule has 0 aliphatic carbocycles. The molecule has 1 N–H and O–H groups in total. The van der Waals surface area contributed by atoms with Crippen molar-refractivity contribution in [3.63, 3.8) is 0 Å². The molecule has 6 nitrogen and oxygen atoms in total. The maximum atomic E-state index is 12.5. The number of nitrogens with zero attached hydrogens (tertiary/aromatic N) is 2. The quantitative estimate of drug-likeness (QED) is 0.782. The van der Waals surface area contributed by atoms with Gasteiger partial charge in [-0.3, -0.25) is 14.6 Å². The Morgan fingerprint density at radius 1 is 1.45 bits per heavy atom. The van der Waals surface area contributed by atoms with Gasteiger partial charge in [-0.1, -0.05) is 0 Å². The molecule has 1 aromatic rings. The monoisotopic (exact) mass is 280 g/mol. The Morgan fingerprint density at radius 3 is 2.65 bits per heavy atom. The van der Waals surface area contributed by atoms with Crippen LogP contribution in [0.2, 0.25) is 0 Å². The zero-order valence-electron chi connectivity index (χ0n) is 12.0. The molecule has 0 spiro atoms. The smallest absolute Gasteiger partial charge is 0.307 e. The summed E-state index contributed by atoms with van der Waals surface area (Å²) < 4.78 is 4.58. The van der Waals surface area contributed by atoms with Crippen LogP contribution in [-0.2, 0) is 9.53 Å². The Balaban J connectivity index is 2.93. The van der Waals surface area contributed by atoms with Crippen LogP contribution in [0.1, 0.15) is 30.6 Å². The molecule has 0 aliphatic rings. The molecule has 0 saturated carbocycles. The van der Waals surface area contributed by atoms with Crippen LogP contribution in [0.3, 0.4) is 0 Å². The number of rotatable bonds is 6. The van der Waals surface area contributed by atoms with Gasteiger partial charge in [-0.15, -0.1) is 0 Å². The van der Waals surface area contributed by atoms with Crippen LogP contribution in [0.4, 0.5) is 0 Å². The molecule has 0 unspecified atom stereocenters. The number of hydrogen-bond donors (Lipinski definition) is 1. The van der Waals surface area contributed by atoms with Gasteiger partial charge in [0.05, 0.1) is 31.2 Å². The highest BCUT2D eigenvalue weighted by Crippen LogP contribution is 2.18. The van der Waals surface area contributed by atoms with E-state index in [0.717, 1.165) is 0 Å². The maximum absolute atomic E-state index is 12.5. The van der Waals surface area contributed by atoms with Gasteiger partial charge in [0.1, 0.15) is 0 Å². The van der Waals surface area contributed by atoms with E-state index in [0.29, 0.717) is 5.56 Å².